The fourth-order valence-electron chi connectivity index (χ4n) is 2.17. The first-order valence-corrected chi connectivity index (χ1v) is 6.81. The van der Waals surface area contributed by atoms with Crippen molar-refractivity contribution in [1.29, 1.82) is 0 Å². The molecule has 0 heterocycles. The maximum atomic E-state index is 5.76. The normalized spacial score (nSPS) is 12.2. The van der Waals surface area contributed by atoms with Crippen LogP contribution in [0.1, 0.15) is 22.7 Å². The summed E-state index contributed by atoms with van der Waals surface area (Å²) in [5.74, 6) is 6.58. The highest BCUT2D eigenvalue weighted by Crippen LogP contribution is 2.32. The molecule has 0 saturated heterocycles. The van der Waals surface area contributed by atoms with E-state index < -0.39 is 0 Å². The SMILES string of the molecule is COc1ccccc1C(NN)c1cc(Br)ccc1C. The van der Waals surface area contributed by atoms with Crippen molar-refractivity contribution in [2.75, 3.05) is 7.11 Å². The Labute approximate surface area is 121 Å². The number of benzene rings is 2. The lowest BCUT2D eigenvalue weighted by atomic mass is 9.95. The first-order chi connectivity index (χ1) is 9.17. The van der Waals surface area contributed by atoms with Crippen molar-refractivity contribution in [2.24, 2.45) is 5.84 Å². The van der Waals surface area contributed by atoms with Crippen LogP contribution in [0.15, 0.2) is 46.9 Å². The lowest BCUT2D eigenvalue weighted by Crippen LogP contribution is -2.29. The number of aryl methyl sites for hydroxylation is 1. The van der Waals surface area contributed by atoms with Crippen molar-refractivity contribution in [2.45, 2.75) is 13.0 Å². The molecule has 0 saturated carbocycles. The van der Waals surface area contributed by atoms with Crippen LogP contribution in [0, 0.1) is 6.92 Å². The van der Waals surface area contributed by atoms with Gasteiger partial charge < -0.3 is 4.74 Å². The number of hydrogen-bond acceptors (Lipinski definition) is 3. The summed E-state index contributed by atoms with van der Waals surface area (Å²) in [7, 11) is 1.67. The van der Waals surface area contributed by atoms with Crippen molar-refractivity contribution in [3.05, 3.63) is 63.6 Å². The van der Waals surface area contributed by atoms with E-state index in [2.05, 4.69) is 40.4 Å². The minimum Gasteiger partial charge on any atom is -0.496 e. The van der Waals surface area contributed by atoms with E-state index in [0.29, 0.717) is 0 Å². The molecule has 4 heteroatoms. The van der Waals surface area contributed by atoms with Crippen molar-refractivity contribution < 1.29 is 4.74 Å². The molecule has 0 aliphatic heterocycles. The van der Waals surface area contributed by atoms with Gasteiger partial charge in [0, 0.05) is 10.0 Å². The fraction of sp³-hybridized carbons (Fsp3) is 0.200. The molecule has 2 rings (SSSR count). The van der Waals surface area contributed by atoms with E-state index in [1.165, 1.54) is 5.56 Å². The second kappa shape index (κ2) is 6.19. The highest BCUT2D eigenvalue weighted by atomic mass is 79.9. The summed E-state index contributed by atoms with van der Waals surface area (Å²) < 4.78 is 6.44. The zero-order valence-corrected chi connectivity index (χ0v) is 12.6. The van der Waals surface area contributed by atoms with Crippen LogP contribution < -0.4 is 16.0 Å². The molecule has 100 valence electrons. The summed E-state index contributed by atoms with van der Waals surface area (Å²) in [4.78, 5) is 0. The van der Waals surface area contributed by atoms with Crippen LogP contribution in [-0.2, 0) is 0 Å². The van der Waals surface area contributed by atoms with E-state index in [-0.39, 0.29) is 6.04 Å². The Balaban J connectivity index is 2.53. The molecule has 0 aromatic heterocycles. The summed E-state index contributed by atoms with van der Waals surface area (Å²) >= 11 is 3.50. The summed E-state index contributed by atoms with van der Waals surface area (Å²) in [5, 5.41) is 0. The summed E-state index contributed by atoms with van der Waals surface area (Å²) in [5.41, 5.74) is 6.20. The van der Waals surface area contributed by atoms with Gasteiger partial charge in [-0.05, 0) is 36.2 Å². The molecular weight excluding hydrogens is 304 g/mol. The van der Waals surface area contributed by atoms with E-state index in [1.807, 2.05) is 30.3 Å². The summed E-state index contributed by atoms with van der Waals surface area (Å²) in [6, 6.07) is 13.9. The molecule has 19 heavy (non-hydrogen) atoms. The average Bonchev–Trinajstić information content (AvgIpc) is 2.44. The number of rotatable bonds is 4. The van der Waals surface area contributed by atoms with E-state index >= 15 is 0 Å². The number of nitrogens with two attached hydrogens (primary N) is 1. The van der Waals surface area contributed by atoms with Crippen LogP contribution in [0.2, 0.25) is 0 Å². The molecule has 0 radical (unpaired) electrons. The third-order valence-corrected chi connectivity index (χ3v) is 3.66. The fourth-order valence-corrected chi connectivity index (χ4v) is 2.55. The van der Waals surface area contributed by atoms with Gasteiger partial charge in [-0.1, -0.05) is 40.2 Å². The minimum absolute atomic E-state index is 0.103. The van der Waals surface area contributed by atoms with Crippen molar-refractivity contribution in [3.63, 3.8) is 0 Å². The predicted molar refractivity (Wildman–Crippen MR) is 81.0 cm³/mol. The topological polar surface area (TPSA) is 47.3 Å². The Hall–Kier alpha value is -1.36. The highest BCUT2D eigenvalue weighted by molar-refractivity contribution is 9.10. The van der Waals surface area contributed by atoms with Gasteiger partial charge >= 0.3 is 0 Å². The first kappa shape index (κ1) is 14.1. The van der Waals surface area contributed by atoms with Crippen LogP contribution in [0.25, 0.3) is 0 Å². The molecule has 3 nitrogen and oxygen atoms in total. The number of nitrogens with one attached hydrogen (secondary N) is 1. The van der Waals surface area contributed by atoms with Gasteiger partial charge in [0.15, 0.2) is 0 Å². The Morgan fingerprint density at radius 2 is 1.89 bits per heavy atom. The lowest BCUT2D eigenvalue weighted by molar-refractivity contribution is 0.404. The maximum Gasteiger partial charge on any atom is 0.124 e. The number of halogens is 1. The Bertz CT molecular complexity index is 572. The Morgan fingerprint density at radius 3 is 2.58 bits per heavy atom. The summed E-state index contributed by atoms with van der Waals surface area (Å²) in [6.07, 6.45) is 0. The van der Waals surface area contributed by atoms with Gasteiger partial charge in [0.25, 0.3) is 0 Å². The average molecular weight is 321 g/mol. The molecule has 1 unspecified atom stereocenters. The molecule has 0 aliphatic carbocycles. The molecule has 0 amide bonds. The molecule has 1 atom stereocenters. The molecule has 3 N–H and O–H groups in total. The van der Waals surface area contributed by atoms with Gasteiger partial charge in [-0.25, -0.2) is 5.43 Å². The van der Waals surface area contributed by atoms with E-state index in [1.54, 1.807) is 7.11 Å². The zero-order valence-electron chi connectivity index (χ0n) is 11.0. The van der Waals surface area contributed by atoms with E-state index in [9.17, 15) is 0 Å². The molecule has 2 aromatic carbocycles. The molecule has 2 aromatic rings. The van der Waals surface area contributed by atoms with Gasteiger partial charge in [-0.3, -0.25) is 5.84 Å². The van der Waals surface area contributed by atoms with Gasteiger partial charge in [-0.15, -0.1) is 0 Å². The standard InChI is InChI=1S/C15H17BrN2O/c1-10-7-8-11(16)9-13(10)15(18-17)12-5-3-4-6-14(12)19-2/h3-9,15,18H,17H2,1-2H3. The van der Waals surface area contributed by atoms with Crippen LogP contribution in [0.3, 0.4) is 0 Å². The summed E-state index contributed by atoms with van der Waals surface area (Å²) in [6.45, 7) is 2.07. The number of hydrazine groups is 1. The van der Waals surface area contributed by atoms with E-state index in [4.69, 9.17) is 10.6 Å². The number of ether oxygens (including phenoxy) is 1. The zero-order chi connectivity index (χ0) is 13.8. The van der Waals surface area contributed by atoms with Crippen LogP contribution >= 0.6 is 15.9 Å². The quantitative estimate of drug-likeness (QED) is 0.671. The van der Waals surface area contributed by atoms with Gasteiger partial charge in [0.05, 0.1) is 13.2 Å². The maximum absolute atomic E-state index is 5.76. The monoisotopic (exact) mass is 320 g/mol. The minimum atomic E-state index is -0.103. The molecule has 0 spiro atoms. The third-order valence-electron chi connectivity index (χ3n) is 3.17. The van der Waals surface area contributed by atoms with Gasteiger partial charge in [0.2, 0.25) is 0 Å². The van der Waals surface area contributed by atoms with Crippen LogP contribution in [0.4, 0.5) is 0 Å². The van der Waals surface area contributed by atoms with Crippen molar-refractivity contribution in [3.8, 4) is 5.75 Å². The van der Waals surface area contributed by atoms with Crippen LogP contribution in [0.5, 0.6) is 5.75 Å². The Morgan fingerprint density at radius 1 is 1.16 bits per heavy atom. The third kappa shape index (κ3) is 2.97. The molecule has 0 aliphatic rings. The smallest absolute Gasteiger partial charge is 0.124 e. The Kier molecular flexibility index (Phi) is 4.58. The highest BCUT2D eigenvalue weighted by Gasteiger charge is 2.18. The van der Waals surface area contributed by atoms with Crippen LogP contribution in [-0.4, -0.2) is 7.11 Å². The second-order valence-electron chi connectivity index (χ2n) is 4.34. The van der Waals surface area contributed by atoms with Gasteiger partial charge in [0.1, 0.15) is 5.75 Å². The van der Waals surface area contributed by atoms with Crippen molar-refractivity contribution in [1.82, 2.24) is 5.43 Å². The van der Waals surface area contributed by atoms with E-state index in [0.717, 1.165) is 21.3 Å². The largest absolute Gasteiger partial charge is 0.496 e. The van der Waals surface area contributed by atoms with Gasteiger partial charge in [-0.2, -0.15) is 0 Å². The molecule has 0 fully saturated rings. The number of methoxy groups -OCH3 is 1. The number of hydrogen-bond donors (Lipinski definition) is 2. The molecule has 0 bridgehead atoms. The second-order valence-corrected chi connectivity index (χ2v) is 5.26. The predicted octanol–water partition coefficient (Wildman–Crippen LogP) is 3.32. The lowest BCUT2D eigenvalue weighted by Gasteiger charge is -2.21. The molecular formula is C15H17BrN2O. The van der Waals surface area contributed by atoms with Crippen molar-refractivity contribution >= 4 is 15.9 Å². The first-order valence-electron chi connectivity index (χ1n) is 6.02. The number of para-hydroxylation sites is 1.